The highest BCUT2D eigenvalue weighted by molar-refractivity contribution is 5.90. The Labute approximate surface area is 144 Å². The van der Waals surface area contributed by atoms with Gasteiger partial charge in [-0.1, -0.05) is 0 Å². The molecule has 0 aromatic carbocycles. The Kier molecular flexibility index (Phi) is 4.78. The summed E-state index contributed by atoms with van der Waals surface area (Å²) in [6.45, 7) is 3.84. The largest absolute Gasteiger partial charge is 0.479 e. The number of pyridine rings is 1. The van der Waals surface area contributed by atoms with E-state index in [9.17, 15) is 4.79 Å². The molecule has 0 bridgehead atoms. The van der Waals surface area contributed by atoms with E-state index < -0.39 is 0 Å². The maximum Gasteiger partial charge on any atom is 0.254 e. The Morgan fingerprint density at radius 2 is 2.16 bits per heavy atom. The fraction of sp³-hybridized carbons (Fsp3) is 0.294. The van der Waals surface area contributed by atoms with Crippen LogP contribution in [-0.2, 0) is 11.2 Å². The standard InChI is InChI=1S/C17H19N5O3/c1-11-6-7-18-14(8-11)22-15(9-12(2)20-22)19-16(23)5-4-13-10-17(24-3)21-25-13/h6-10H,4-5H2,1-3H3,(H,19,23). The number of aromatic nitrogens is 4. The molecule has 8 heteroatoms. The van der Waals surface area contributed by atoms with Crippen LogP contribution in [0.25, 0.3) is 5.82 Å². The second kappa shape index (κ2) is 7.16. The Bertz CT molecular complexity index is 884. The zero-order chi connectivity index (χ0) is 17.8. The van der Waals surface area contributed by atoms with Gasteiger partial charge in [-0.25, -0.2) is 4.98 Å². The highest BCUT2D eigenvalue weighted by Crippen LogP contribution is 2.17. The third-order valence-electron chi connectivity index (χ3n) is 3.56. The van der Waals surface area contributed by atoms with E-state index in [-0.39, 0.29) is 12.3 Å². The summed E-state index contributed by atoms with van der Waals surface area (Å²) in [5, 5.41) is 11.0. The van der Waals surface area contributed by atoms with Crippen LogP contribution in [0.1, 0.15) is 23.4 Å². The molecule has 3 heterocycles. The Balaban J connectivity index is 1.69. The fourth-order valence-electron chi connectivity index (χ4n) is 2.35. The van der Waals surface area contributed by atoms with Gasteiger partial charge in [-0.2, -0.15) is 9.78 Å². The first kappa shape index (κ1) is 16.7. The predicted molar refractivity (Wildman–Crippen MR) is 90.8 cm³/mol. The van der Waals surface area contributed by atoms with Crippen molar-refractivity contribution in [2.24, 2.45) is 0 Å². The molecule has 0 saturated heterocycles. The van der Waals surface area contributed by atoms with E-state index in [0.717, 1.165) is 11.3 Å². The number of aryl methyl sites for hydroxylation is 3. The molecule has 0 aliphatic carbocycles. The minimum absolute atomic E-state index is 0.149. The van der Waals surface area contributed by atoms with Crippen LogP contribution >= 0.6 is 0 Å². The fourth-order valence-corrected chi connectivity index (χ4v) is 2.35. The van der Waals surface area contributed by atoms with E-state index in [0.29, 0.717) is 29.7 Å². The van der Waals surface area contributed by atoms with Crippen molar-refractivity contribution in [2.45, 2.75) is 26.7 Å². The summed E-state index contributed by atoms with van der Waals surface area (Å²) in [5.41, 5.74) is 1.85. The van der Waals surface area contributed by atoms with Crippen molar-refractivity contribution in [1.82, 2.24) is 19.9 Å². The molecule has 1 N–H and O–H groups in total. The van der Waals surface area contributed by atoms with Crippen molar-refractivity contribution in [3.63, 3.8) is 0 Å². The van der Waals surface area contributed by atoms with Crippen molar-refractivity contribution < 1.29 is 14.1 Å². The van der Waals surface area contributed by atoms with Gasteiger partial charge in [0.05, 0.1) is 12.8 Å². The lowest BCUT2D eigenvalue weighted by Crippen LogP contribution is -2.15. The number of hydrogen-bond donors (Lipinski definition) is 1. The van der Waals surface area contributed by atoms with Crippen LogP contribution in [0.4, 0.5) is 5.82 Å². The number of carbonyl (C=O) groups excluding carboxylic acids is 1. The van der Waals surface area contributed by atoms with Crippen LogP contribution in [-0.4, -0.2) is 32.9 Å². The van der Waals surface area contributed by atoms with Gasteiger partial charge in [-0.05, 0) is 36.7 Å². The minimum atomic E-state index is -0.149. The number of ether oxygens (including phenoxy) is 1. The van der Waals surface area contributed by atoms with Gasteiger partial charge in [-0.15, -0.1) is 0 Å². The van der Waals surface area contributed by atoms with Crippen molar-refractivity contribution in [2.75, 3.05) is 12.4 Å². The Hall–Kier alpha value is -3.16. The van der Waals surface area contributed by atoms with Gasteiger partial charge in [0.2, 0.25) is 5.91 Å². The van der Waals surface area contributed by atoms with Gasteiger partial charge in [0.25, 0.3) is 5.88 Å². The number of nitrogens with one attached hydrogen (secondary N) is 1. The third-order valence-corrected chi connectivity index (χ3v) is 3.56. The first-order valence-electron chi connectivity index (χ1n) is 7.84. The molecular weight excluding hydrogens is 322 g/mol. The Morgan fingerprint density at radius 1 is 1.32 bits per heavy atom. The number of anilines is 1. The Morgan fingerprint density at radius 3 is 2.88 bits per heavy atom. The molecule has 0 fully saturated rings. The molecule has 0 aliphatic heterocycles. The van der Waals surface area contributed by atoms with Crippen LogP contribution in [0.5, 0.6) is 5.88 Å². The quantitative estimate of drug-likeness (QED) is 0.740. The number of carbonyl (C=O) groups is 1. The highest BCUT2D eigenvalue weighted by Gasteiger charge is 2.13. The summed E-state index contributed by atoms with van der Waals surface area (Å²) < 4.78 is 11.7. The van der Waals surface area contributed by atoms with Crippen LogP contribution in [0.2, 0.25) is 0 Å². The SMILES string of the molecule is COc1cc(CCC(=O)Nc2cc(C)nn2-c2cc(C)ccn2)on1. The van der Waals surface area contributed by atoms with Crippen molar-refractivity contribution in [1.29, 1.82) is 0 Å². The van der Waals surface area contributed by atoms with E-state index in [1.54, 1.807) is 23.0 Å². The molecule has 130 valence electrons. The molecule has 1 amide bonds. The zero-order valence-corrected chi connectivity index (χ0v) is 14.3. The summed E-state index contributed by atoms with van der Waals surface area (Å²) in [6, 6.07) is 7.28. The molecule has 0 atom stereocenters. The number of methoxy groups -OCH3 is 1. The van der Waals surface area contributed by atoms with E-state index in [1.165, 1.54) is 7.11 Å². The van der Waals surface area contributed by atoms with E-state index in [1.807, 2.05) is 26.0 Å². The molecule has 0 unspecified atom stereocenters. The van der Waals surface area contributed by atoms with Crippen LogP contribution < -0.4 is 10.1 Å². The molecule has 0 radical (unpaired) electrons. The van der Waals surface area contributed by atoms with E-state index >= 15 is 0 Å². The first-order chi connectivity index (χ1) is 12.0. The molecule has 3 rings (SSSR count). The van der Waals surface area contributed by atoms with E-state index in [4.69, 9.17) is 9.26 Å². The second-order valence-electron chi connectivity index (χ2n) is 5.66. The average Bonchev–Trinajstić information content (AvgIpc) is 3.19. The second-order valence-corrected chi connectivity index (χ2v) is 5.66. The van der Waals surface area contributed by atoms with Crippen LogP contribution in [0, 0.1) is 13.8 Å². The van der Waals surface area contributed by atoms with Gasteiger partial charge >= 0.3 is 0 Å². The normalized spacial score (nSPS) is 10.7. The number of amides is 1. The third kappa shape index (κ3) is 4.03. The lowest BCUT2D eigenvalue weighted by atomic mass is 10.2. The minimum Gasteiger partial charge on any atom is -0.479 e. The number of nitrogens with zero attached hydrogens (tertiary/aromatic N) is 4. The van der Waals surface area contributed by atoms with Crippen LogP contribution in [0.15, 0.2) is 35.0 Å². The maximum absolute atomic E-state index is 12.3. The molecule has 3 aromatic heterocycles. The molecule has 0 aliphatic rings. The molecular formula is C17H19N5O3. The van der Waals surface area contributed by atoms with Gasteiger partial charge in [0, 0.05) is 31.2 Å². The number of hydrogen-bond acceptors (Lipinski definition) is 6. The summed E-state index contributed by atoms with van der Waals surface area (Å²) >= 11 is 0. The summed E-state index contributed by atoms with van der Waals surface area (Å²) in [4.78, 5) is 16.6. The molecule has 8 nitrogen and oxygen atoms in total. The van der Waals surface area contributed by atoms with Crippen molar-refractivity contribution in [3.05, 3.63) is 47.5 Å². The lowest BCUT2D eigenvalue weighted by Gasteiger charge is -2.08. The highest BCUT2D eigenvalue weighted by atomic mass is 16.5. The van der Waals surface area contributed by atoms with E-state index in [2.05, 4.69) is 20.6 Å². The molecule has 25 heavy (non-hydrogen) atoms. The van der Waals surface area contributed by atoms with Crippen LogP contribution in [0.3, 0.4) is 0 Å². The lowest BCUT2D eigenvalue weighted by molar-refractivity contribution is -0.116. The van der Waals surface area contributed by atoms with Gasteiger partial charge in [0.15, 0.2) is 5.82 Å². The summed E-state index contributed by atoms with van der Waals surface area (Å²) in [6.07, 6.45) is 2.40. The number of rotatable bonds is 6. The monoisotopic (exact) mass is 341 g/mol. The maximum atomic E-state index is 12.3. The first-order valence-corrected chi connectivity index (χ1v) is 7.84. The average molecular weight is 341 g/mol. The molecule has 0 saturated carbocycles. The summed E-state index contributed by atoms with van der Waals surface area (Å²) in [7, 11) is 1.51. The summed E-state index contributed by atoms with van der Waals surface area (Å²) in [5.74, 6) is 2.08. The molecule has 3 aromatic rings. The smallest absolute Gasteiger partial charge is 0.254 e. The zero-order valence-electron chi connectivity index (χ0n) is 14.3. The van der Waals surface area contributed by atoms with Crippen molar-refractivity contribution >= 4 is 11.7 Å². The van der Waals surface area contributed by atoms with Gasteiger partial charge in [0.1, 0.15) is 11.6 Å². The topological polar surface area (TPSA) is 95.1 Å². The predicted octanol–water partition coefficient (Wildman–Crippen LogP) is 2.45. The van der Waals surface area contributed by atoms with Gasteiger partial charge in [-0.3, -0.25) is 4.79 Å². The van der Waals surface area contributed by atoms with Crippen molar-refractivity contribution in [3.8, 4) is 11.7 Å². The van der Waals surface area contributed by atoms with Gasteiger partial charge < -0.3 is 14.6 Å². The molecule has 0 spiro atoms.